The molecule has 0 aliphatic heterocycles. The smallest absolute Gasteiger partial charge is 0.363 e. The molecular weight excluding hydrogens is 168 g/mol. The van der Waals surface area contributed by atoms with Crippen LogP contribution in [0.2, 0.25) is 0 Å². The van der Waals surface area contributed by atoms with Crippen molar-refractivity contribution in [1.29, 1.82) is 0 Å². The SMILES string of the molecule is CCOC(=O)c1no[nH]c1=S. The molecular formula is C5H6N2O3S. The maximum absolute atomic E-state index is 10.9. The summed E-state index contributed by atoms with van der Waals surface area (Å²) in [5, 5.41) is 5.56. The monoisotopic (exact) mass is 174 g/mol. The molecule has 0 atom stereocenters. The molecule has 0 amide bonds. The minimum atomic E-state index is -0.567. The molecule has 0 spiro atoms. The van der Waals surface area contributed by atoms with Crippen molar-refractivity contribution in [2.45, 2.75) is 6.92 Å². The molecule has 60 valence electrons. The average Bonchev–Trinajstić information content (AvgIpc) is 2.36. The third-order valence-corrected chi connectivity index (χ3v) is 1.24. The molecule has 0 radical (unpaired) electrons. The first-order chi connectivity index (χ1) is 5.25. The Bertz CT molecular complexity index is 303. The number of aromatic nitrogens is 2. The van der Waals surface area contributed by atoms with Crippen molar-refractivity contribution < 1.29 is 14.2 Å². The molecule has 0 unspecified atom stereocenters. The van der Waals surface area contributed by atoms with Gasteiger partial charge in [-0.05, 0) is 12.1 Å². The van der Waals surface area contributed by atoms with Gasteiger partial charge in [0.05, 0.1) is 6.61 Å². The summed E-state index contributed by atoms with van der Waals surface area (Å²) in [7, 11) is 0. The summed E-state index contributed by atoms with van der Waals surface area (Å²) in [6, 6.07) is 0. The predicted octanol–water partition coefficient (Wildman–Crippen LogP) is 0.909. The Morgan fingerprint density at radius 2 is 2.64 bits per heavy atom. The normalized spacial score (nSPS) is 9.55. The number of nitrogens with one attached hydrogen (secondary N) is 1. The lowest BCUT2D eigenvalue weighted by Gasteiger charge is -1.93. The number of aromatic amines is 1. The Balaban J connectivity index is 2.85. The number of carbonyl (C=O) groups is 1. The Morgan fingerprint density at radius 1 is 1.91 bits per heavy atom. The summed E-state index contributed by atoms with van der Waals surface area (Å²) < 4.78 is 9.11. The first-order valence-electron chi connectivity index (χ1n) is 2.97. The van der Waals surface area contributed by atoms with E-state index in [-0.39, 0.29) is 10.3 Å². The zero-order valence-corrected chi connectivity index (χ0v) is 6.60. The highest BCUT2D eigenvalue weighted by Gasteiger charge is 2.12. The molecule has 0 aliphatic rings. The second-order valence-corrected chi connectivity index (χ2v) is 2.09. The van der Waals surface area contributed by atoms with Crippen LogP contribution in [0.15, 0.2) is 4.63 Å². The molecule has 0 aromatic carbocycles. The zero-order valence-electron chi connectivity index (χ0n) is 5.79. The quantitative estimate of drug-likeness (QED) is 0.533. The molecule has 11 heavy (non-hydrogen) atoms. The average molecular weight is 174 g/mol. The van der Waals surface area contributed by atoms with Crippen molar-refractivity contribution in [2.75, 3.05) is 6.61 Å². The number of ether oxygens (including phenoxy) is 1. The van der Waals surface area contributed by atoms with Gasteiger partial charge in [0.1, 0.15) is 0 Å². The minimum absolute atomic E-state index is 0.0156. The van der Waals surface area contributed by atoms with E-state index in [1.54, 1.807) is 6.92 Å². The van der Waals surface area contributed by atoms with Crippen molar-refractivity contribution in [3.05, 3.63) is 10.3 Å². The fourth-order valence-electron chi connectivity index (χ4n) is 0.529. The lowest BCUT2D eigenvalue weighted by molar-refractivity contribution is 0.0513. The number of esters is 1. The third-order valence-electron chi connectivity index (χ3n) is 0.959. The van der Waals surface area contributed by atoms with E-state index in [0.717, 1.165) is 0 Å². The lowest BCUT2D eigenvalue weighted by atomic mass is 10.5. The molecule has 5 nitrogen and oxygen atoms in total. The van der Waals surface area contributed by atoms with Gasteiger partial charge in [-0.2, -0.15) is 5.16 Å². The topological polar surface area (TPSA) is 68.1 Å². The van der Waals surface area contributed by atoms with E-state index in [1.165, 1.54) is 0 Å². The van der Waals surface area contributed by atoms with Crippen LogP contribution in [0.3, 0.4) is 0 Å². The number of rotatable bonds is 2. The molecule has 0 saturated heterocycles. The molecule has 1 N–H and O–H groups in total. The third kappa shape index (κ3) is 1.64. The van der Waals surface area contributed by atoms with Crippen LogP contribution >= 0.6 is 12.2 Å². The van der Waals surface area contributed by atoms with Crippen molar-refractivity contribution >= 4 is 18.2 Å². The van der Waals surface area contributed by atoms with Gasteiger partial charge in [-0.1, -0.05) is 12.2 Å². The van der Waals surface area contributed by atoms with Crippen LogP contribution in [0.1, 0.15) is 17.4 Å². The van der Waals surface area contributed by atoms with Crippen molar-refractivity contribution in [3.63, 3.8) is 0 Å². The molecule has 0 saturated carbocycles. The summed E-state index contributed by atoms with van der Waals surface area (Å²) in [4.78, 5) is 10.9. The summed E-state index contributed by atoms with van der Waals surface area (Å²) in [5.74, 6) is -0.567. The van der Waals surface area contributed by atoms with Gasteiger partial charge in [0.2, 0.25) is 5.69 Å². The van der Waals surface area contributed by atoms with Gasteiger partial charge < -0.3 is 4.74 Å². The number of hydrogen-bond donors (Lipinski definition) is 1. The second-order valence-electron chi connectivity index (χ2n) is 1.68. The van der Waals surface area contributed by atoms with Crippen LogP contribution in [-0.4, -0.2) is 22.9 Å². The highest BCUT2D eigenvalue weighted by atomic mass is 32.1. The van der Waals surface area contributed by atoms with Gasteiger partial charge in [-0.15, -0.1) is 0 Å². The van der Waals surface area contributed by atoms with Crippen LogP contribution in [0.4, 0.5) is 0 Å². The van der Waals surface area contributed by atoms with Gasteiger partial charge in [-0.3, -0.25) is 4.63 Å². The molecule has 1 aromatic heterocycles. The van der Waals surface area contributed by atoms with E-state index in [2.05, 4.69) is 31.9 Å². The number of carbonyl (C=O) groups excluding carboxylic acids is 1. The Hall–Kier alpha value is -1.17. The first kappa shape index (κ1) is 7.93. The van der Waals surface area contributed by atoms with Crippen LogP contribution in [0, 0.1) is 4.64 Å². The van der Waals surface area contributed by atoms with Gasteiger partial charge >= 0.3 is 5.97 Å². The van der Waals surface area contributed by atoms with E-state index >= 15 is 0 Å². The largest absolute Gasteiger partial charge is 0.461 e. The fourth-order valence-corrected chi connectivity index (χ4v) is 0.687. The van der Waals surface area contributed by atoms with E-state index < -0.39 is 5.97 Å². The molecule has 1 rings (SSSR count). The molecule has 0 fully saturated rings. The maximum Gasteiger partial charge on any atom is 0.363 e. The van der Waals surface area contributed by atoms with Gasteiger partial charge in [-0.25, -0.2) is 4.79 Å². The van der Waals surface area contributed by atoms with E-state index in [1.807, 2.05) is 0 Å². The van der Waals surface area contributed by atoms with Crippen molar-refractivity contribution in [1.82, 2.24) is 10.3 Å². The summed E-state index contributed by atoms with van der Waals surface area (Å²) in [5.41, 5.74) is 0.0156. The molecule has 6 heteroatoms. The fraction of sp³-hybridized carbons (Fsp3) is 0.400. The standard InChI is InChI=1S/C5H6N2O3S/c1-2-9-5(8)3-4(11)7-10-6-3/h2H2,1H3,(H,7,11). The van der Waals surface area contributed by atoms with Crippen LogP contribution < -0.4 is 0 Å². The first-order valence-corrected chi connectivity index (χ1v) is 3.38. The Labute approximate surface area is 67.3 Å². The van der Waals surface area contributed by atoms with E-state index in [4.69, 9.17) is 0 Å². The van der Waals surface area contributed by atoms with Crippen LogP contribution in [0.25, 0.3) is 0 Å². The summed E-state index contributed by atoms with van der Waals surface area (Å²) in [6.07, 6.45) is 0. The highest BCUT2D eigenvalue weighted by molar-refractivity contribution is 7.71. The summed E-state index contributed by atoms with van der Waals surface area (Å²) >= 11 is 4.66. The second kappa shape index (κ2) is 3.29. The van der Waals surface area contributed by atoms with Gasteiger partial charge in [0, 0.05) is 0 Å². The van der Waals surface area contributed by atoms with E-state index in [9.17, 15) is 4.79 Å². The van der Waals surface area contributed by atoms with Crippen molar-refractivity contribution in [2.24, 2.45) is 0 Å². The Kier molecular flexibility index (Phi) is 2.37. The minimum Gasteiger partial charge on any atom is -0.461 e. The van der Waals surface area contributed by atoms with E-state index in [0.29, 0.717) is 6.61 Å². The molecule has 1 aromatic rings. The summed E-state index contributed by atoms with van der Waals surface area (Å²) in [6.45, 7) is 1.99. The van der Waals surface area contributed by atoms with Crippen LogP contribution in [0.5, 0.6) is 0 Å². The number of H-pyrrole nitrogens is 1. The zero-order chi connectivity index (χ0) is 8.27. The molecule has 0 bridgehead atoms. The van der Waals surface area contributed by atoms with Crippen molar-refractivity contribution in [3.8, 4) is 0 Å². The number of nitrogens with zero attached hydrogens (tertiary/aromatic N) is 1. The molecule has 0 aliphatic carbocycles. The number of hydrogen-bond acceptors (Lipinski definition) is 5. The van der Waals surface area contributed by atoms with Gasteiger partial charge in [0.15, 0.2) is 4.64 Å². The molecule has 1 heterocycles. The van der Waals surface area contributed by atoms with Crippen LogP contribution in [-0.2, 0) is 4.74 Å². The Morgan fingerprint density at radius 3 is 3.09 bits per heavy atom. The predicted molar refractivity (Wildman–Crippen MR) is 37.6 cm³/mol. The van der Waals surface area contributed by atoms with Gasteiger partial charge in [0.25, 0.3) is 0 Å². The maximum atomic E-state index is 10.9. The highest BCUT2D eigenvalue weighted by Crippen LogP contribution is 1.97. The lowest BCUT2D eigenvalue weighted by Crippen LogP contribution is -2.05.